The van der Waals surface area contributed by atoms with Gasteiger partial charge >= 0.3 is 5.97 Å². The topological polar surface area (TPSA) is 88.3 Å². The van der Waals surface area contributed by atoms with E-state index in [1.165, 1.54) is 18.9 Å². The first-order valence-electron chi connectivity index (χ1n) is 8.93. The molecule has 1 aliphatic rings. The number of carboxylic acid groups (broad SMARTS) is 1. The lowest BCUT2D eigenvalue weighted by molar-refractivity contribution is -0.141. The predicted octanol–water partition coefficient (Wildman–Crippen LogP) is 2.92. The van der Waals surface area contributed by atoms with E-state index in [9.17, 15) is 14.7 Å². The Morgan fingerprint density at radius 3 is 2.46 bits per heavy atom. The van der Waals surface area contributed by atoms with Crippen LogP contribution in [0.3, 0.4) is 0 Å². The highest BCUT2D eigenvalue weighted by Crippen LogP contribution is 2.41. The SMILES string of the molecule is Cc1nn(C(C)(C)C)c2nc(C3CC3)cc(C(=O)N(C)C(C)C(=O)O)c12. The van der Waals surface area contributed by atoms with Crippen molar-refractivity contribution in [2.45, 2.75) is 65.0 Å². The van der Waals surface area contributed by atoms with Crippen LogP contribution in [0.1, 0.15) is 68.2 Å². The highest BCUT2D eigenvalue weighted by Gasteiger charge is 2.32. The van der Waals surface area contributed by atoms with Crippen molar-refractivity contribution in [2.24, 2.45) is 0 Å². The summed E-state index contributed by atoms with van der Waals surface area (Å²) in [6.45, 7) is 9.51. The molecule has 1 N–H and O–H groups in total. The lowest BCUT2D eigenvalue weighted by Crippen LogP contribution is -2.40. The number of hydrogen-bond donors (Lipinski definition) is 1. The molecule has 7 heteroatoms. The molecule has 26 heavy (non-hydrogen) atoms. The third-order valence-electron chi connectivity index (χ3n) is 4.95. The molecule has 3 rings (SSSR count). The van der Waals surface area contributed by atoms with E-state index in [0.717, 1.165) is 24.2 Å². The highest BCUT2D eigenvalue weighted by atomic mass is 16.4. The van der Waals surface area contributed by atoms with Gasteiger partial charge in [0, 0.05) is 18.7 Å². The van der Waals surface area contributed by atoms with Gasteiger partial charge < -0.3 is 10.0 Å². The number of aromatic nitrogens is 3. The van der Waals surface area contributed by atoms with E-state index in [1.807, 2.05) is 38.4 Å². The van der Waals surface area contributed by atoms with Gasteiger partial charge in [0.1, 0.15) is 6.04 Å². The summed E-state index contributed by atoms with van der Waals surface area (Å²) in [6.07, 6.45) is 2.13. The second kappa shape index (κ2) is 6.07. The van der Waals surface area contributed by atoms with Gasteiger partial charge in [0.05, 0.1) is 22.2 Å². The monoisotopic (exact) mass is 358 g/mol. The quantitative estimate of drug-likeness (QED) is 0.908. The lowest BCUT2D eigenvalue weighted by atomic mass is 10.0. The van der Waals surface area contributed by atoms with Crippen LogP contribution in [0, 0.1) is 6.92 Å². The fourth-order valence-electron chi connectivity index (χ4n) is 3.06. The number of hydrogen-bond acceptors (Lipinski definition) is 4. The number of likely N-dealkylation sites (N-methyl/N-ethyl adjacent to an activating group) is 1. The van der Waals surface area contributed by atoms with Gasteiger partial charge in [-0.05, 0) is 53.5 Å². The fraction of sp³-hybridized carbons (Fsp3) is 0.579. The van der Waals surface area contributed by atoms with Crippen LogP contribution in [-0.2, 0) is 10.3 Å². The van der Waals surface area contributed by atoms with Crippen LogP contribution in [0.4, 0.5) is 0 Å². The summed E-state index contributed by atoms with van der Waals surface area (Å²) in [7, 11) is 1.52. The van der Waals surface area contributed by atoms with Crippen molar-refractivity contribution in [3.05, 3.63) is 23.0 Å². The van der Waals surface area contributed by atoms with Crippen molar-refractivity contribution in [3.63, 3.8) is 0 Å². The number of carboxylic acids is 1. The number of fused-ring (bicyclic) bond motifs is 1. The first-order valence-corrected chi connectivity index (χ1v) is 8.93. The Hall–Kier alpha value is -2.44. The fourth-order valence-corrected chi connectivity index (χ4v) is 3.06. The molecule has 140 valence electrons. The predicted molar refractivity (Wildman–Crippen MR) is 98.4 cm³/mol. The number of aliphatic carboxylic acids is 1. The molecule has 0 radical (unpaired) electrons. The molecular weight excluding hydrogens is 332 g/mol. The summed E-state index contributed by atoms with van der Waals surface area (Å²) in [5, 5.41) is 14.6. The minimum Gasteiger partial charge on any atom is -0.480 e. The van der Waals surface area contributed by atoms with Gasteiger partial charge in [-0.15, -0.1) is 0 Å². The van der Waals surface area contributed by atoms with E-state index in [-0.39, 0.29) is 11.4 Å². The Morgan fingerprint density at radius 2 is 1.96 bits per heavy atom. The molecule has 2 aromatic rings. The van der Waals surface area contributed by atoms with E-state index in [0.29, 0.717) is 22.5 Å². The van der Waals surface area contributed by atoms with Gasteiger partial charge in [-0.25, -0.2) is 14.5 Å². The summed E-state index contributed by atoms with van der Waals surface area (Å²) in [5.41, 5.74) is 2.52. The molecule has 1 atom stereocenters. The zero-order chi connectivity index (χ0) is 19.4. The number of carbonyl (C=O) groups is 2. The summed E-state index contributed by atoms with van der Waals surface area (Å²) in [6, 6.07) is 0.919. The average molecular weight is 358 g/mol. The second-order valence-electron chi connectivity index (χ2n) is 8.17. The molecule has 0 aromatic carbocycles. The van der Waals surface area contributed by atoms with Gasteiger partial charge in [-0.1, -0.05) is 0 Å². The Balaban J connectivity index is 2.22. The third-order valence-corrected chi connectivity index (χ3v) is 4.95. The van der Waals surface area contributed by atoms with Crippen LogP contribution in [0.15, 0.2) is 6.07 Å². The Kier molecular flexibility index (Phi) is 4.29. The largest absolute Gasteiger partial charge is 0.480 e. The molecule has 0 saturated heterocycles. The Morgan fingerprint density at radius 1 is 1.35 bits per heavy atom. The Bertz CT molecular complexity index is 890. The second-order valence-corrected chi connectivity index (χ2v) is 8.17. The molecule has 7 nitrogen and oxygen atoms in total. The van der Waals surface area contributed by atoms with Gasteiger partial charge in [0.15, 0.2) is 5.65 Å². The molecule has 0 bridgehead atoms. The maximum Gasteiger partial charge on any atom is 0.326 e. The smallest absolute Gasteiger partial charge is 0.326 e. The van der Waals surface area contributed by atoms with Crippen molar-refractivity contribution in [2.75, 3.05) is 7.05 Å². The first kappa shape index (κ1) is 18.4. The van der Waals surface area contributed by atoms with Crippen LogP contribution < -0.4 is 0 Å². The van der Waals surface area contributed by atoms with Crippen molar-refractivity contribution in [1.82, 2.24) is 19.7 Å². The van der Waals surface area contributed by atoms with Gasteiger partial charge in [-0.2, -0.15) is 5.10 Å². The summed E-state index contributed by atoms with van der Waals surface area (Å²) < 4.78 is 1.86. The molecule has 0 spiro atoms. The third kappa shape index (κ3) is 3.06. The number of aryl methyl sites for hydroxylation is 1. The van der Waals surface area contributed by atoms with Gasteiger partial charge in [-0.3, -0.25) is 4.79 Å². The number of carbonyl (C=O) groups excluding carboxylic acids is 1. The molecular formula is C19H26N4O3. The Labute approximate surface area is 153 Å². The zero-order valence-corrected chi connectivity index (χ0v) is 16.2. The standard InChI is InChI=1S/C19H26N4O3/c1-10-15-13(17(24)22(6)11(2)18(25)26)9-14(12-7-8-12)20-16(15)23(21-10)19(3,4)5/h9,11-12H,7-8H2,1-6H3,(H,25,26). The van der Waals surface area contributed by atoms with Crippen LogP contribution in [0.2, 0.25) is 0 Å². The number of amides is 1. The maximum atomic E-state index is 13.1. The lowest BCUT2D eigenvalue weighted by Gasteiger charge is -2.23. The molecule has 0 aliphatic heterocycles. The number of nitrogens with zero attached hydrogens (tertiary/aromatic N) is 4. The minimum atomic E-state index is -1.03. The van der Waals surface area contributed by atoms with Crippen LogP contribution in [0.5, 0.6) is 0 Å². The highest BCUT2D eigenvalue weighted by molar-refractivity contribution is 6.07. The van der Waals surface area contributed by atoms with Crippen molar-refractivity contribution >= 4 is 22.9 Å². The summed E-state index contributed by atoms with van der Waals surface area (Å²) in [4.78, 5) is 30.5. The molecule has 2 aromatic heterocycles. The van der Waals surface area contributed by atoms with Crippen LogP contribution >= 0.6 is 0 Å². The molecule has 1 aliphatic carbocycles. The van der Waals surface area contributed by atoms with E-state index < -0.39 is 12.0 Å². The first-order chi connectivity index (χ1) is 12.0. The van der Waals surface area contributed by atoms with E-state index >= 15 is 0 Å². The van der Waals surface area contributed by atoms with Crippen molar-refractivity contribution in [3.8, 4) is 0 Å². The zero-order valence-electron chi connectivity index (χ0n) is 16.2. The molecule has 1 saturated carbocycles. The molecule has 1 fully saturated rings. The van der Waals surface area contributed by atoms with Crippen LogP contribution in [-0.4, -0.2) is 49.7 Å². The maximum absolute atomic E-state index is 13.1. The number of rotatable bonds is 4. The average Bonchev–Trinajstić information content (AvgIpc) is 3.35. The van der Waals surface area contributed by atoms with Crippen molar-refractivity contribution in [1.29, 1.82) is 0 Å². The van der Waals surface area contributed by atoms with Gasteiger partial charge in [0.2, 0.25) is 0 Å². The normalized spacial score (nSPS) is 15.9. The summed E-state index contributed by atoms with van der Waals surface area (Å²) in [5.74, 6) is -0.974. The minimum absolute atomic E-state index is 0.276. The van der Waals surface area contributed by atoms with Crippen LogP contribution in [0.25, 0.3) is 11.0 Å². The van der Waals surface area contributed by atoms with Gasteiger partial charge in [0.25, 0.3) is 5.91 Å². The van der Waals surface area contributed by atoms with E-state index in [4.69, 9.17) is 4.98 Å². The van der Waals surface area contributed by atoms with E-state index in [2.05, 4.69) is 5.10 Å². The van der Waals surface area contributed by atoms with Crippen molar-refractivity contribution < 1.29 is 14.7 Å². The molecule has 1 amide bonds. The molecule has 1 unspecified atom stereocenters. The number of pyridine rings is 1. The molecule has 2 heterocycles. The summed E-state index contributed by atoms with van der Waals surface area (Å²) >= 11 is 0. The van der Waals surface area contributed by atoms with E-state index in [1.54, 1.807) is 0 Å².